The third kappa shape index (κ3) is 3.06. The van der Waals surface area contributed by atoms with Crippen molar-refractivity contribution in [3.63, 3.8) is 0 Å². The van der Waals surface area contributed by atoms with Gasteiger partial charge in [-0.3, -0.25) is 0 Å². The predicted octanol–water partition coefficient (Wildman–Crippen LogP) is 2.31. The van der Waals surface area contributed by atoms with Crippen LogP contribution in [0.4, 0.5) is 0 Å². The Balaban J connectivity index is 2.76. The van der Waals surface area contributed by atoms with Crippen LogP contribution in [0.2, 0.25) is 0 Å². The minimum absolute atomic E-state index is 0.324. The summed E-state index contributed by atoms with van der Waals surface area (Å²) in [4.78, 5) is 11.3. The average Bonchev–Trinajstić information content (AvgIpc) is 2.28. The van der Waals surface area contributed by atoms with Gasteiger partial charge in [-0.2, -0.15) is 0 Å². The van der Waals surface area contributed by atoms with E-state index < -0.39 is 6.10 Å². The molecule has 1 atom stereocenters. The highest BCUT2D eigenvalue weighted by molar-refractivity contribution is 5.89. The number of carbonyl (C=O) groups excluding carboxylic acids is 1. The Morgan fingerprint density at radius 2 is 1.93 bits per heavy atom. The van der Waals surface area contributed by atoms with E-state index >= 15 is 0 Å². The number of rotatable bonds is 4. The molecule has 0 amide bonds. The van der Waals surface area contributed by atoms with Gasteiger partial charge in [-0.25, -0.2) is 4.79 Å². The van der Waals surface area contributed by atoms with Crippen molar-refractivity contribution in [1.29, 1.82) is 0 Å². The Bertz CT molecular complexity index is 316. The zero-order valence-corrected chi connectivity index (χ0v) is 9.06. The van der Waals surface area contributed by atoms with Crippen LogP contribution in [-0.4, -0.2) is 17.7 Å². The molecule has 0 bridgehead atoms. The van der Waals surface area contributed by atoms with Crippen LogP contribution in [0.15, 0.2) is 24.3 Å². The molecular formula is C12H16O3. The second kappa shape index (κ2) is 5.51. The molecule has 0 aliphatic heterocycles. The Labute approximate surface area is 89.7 Å². The van der Waals surface area contributed by atoms with E-state index in [4.69, 9.17) is 4.74 Å². The molecule has 0 fully saturated rings. The average molecular weight is 208 g/mol. The van der Waals surface area contributed by atoms with Crippen LogP contribution in [0.3, 0.4) is 0 Å². The van der Waals surface area contributed by atoms with E-state index in [1.54, 1.807) is 31.2 Å². The summed E-state index contributed by atoms with van der Waals surface area (Å²) >= 11 is 0. The molecule has 0 aliphatic carbocycles. The fourth-order valence-corrected chi connectivity index (χ4v) is 1.29. The smallest absolute Gasteiger partial charge is 0.338 e. The number of ether oxygens (including phenoxy) is 1. The van der Waals surface area contributed by atoms with E-state index in [0.29, 0.717) is 18.6 Å². The maximum Gasteiger partial charge on any atom is 0.338 e. The number of hydrogen-bond donors (Lipinski definition) is 1. The van der Waals surface area contributed by atoms with E-state index in [-0.39, 0.29) is 5.97 Å². The number of aliphatic hydroxyl groups is 1. The lowest BCUT2D eigenvalue weighted by Crippen LogP contribution is -2.05. The standard InChI is InChI=1S/C12H16O3/c1-3-11(13)9-5-7-10(8-6-9)12(14)15-4-2/h5-8,11,13H,3-4H2,1-2H3. The van der Waals surface area contributed by atoms with E-state index in [9.17, 15) is 9.90 Å². The molecule has 1 rings (SSSR count). The highest BCUT2D eigenvalue weighted by Crippen LogP contribution is 2.16. The third-order valence-electron chi connectivity index (χ3n) is 2.19. The third-order valence-corrected chi connectivity index (χ3v) is 2.19. The molecular weight excluding hydrogens is 192 g/mol. The van der Waals surface area contributed by atoms with E-state index in [2.05, 4.69) is 0 Å². The van der Waals surface area contributed by atoms with E-state index in [1.165, 1.54) is 0 Å². The summed E-state index contributed by atoms with van der Waals surface area (Å²) in [5, 5.41) is 9.55. The summed E-state index contributed by atoms with van der Waals surface area (Å²) in [6.07, 6.45) is 0.208. The van der Waals surface area contributed by atoms with Crippen LogP contribution >= 0.6 is 0 Å². The maximum absolute atomic E-state index is 11.3. The fraction of sp³-hybridized carbons (Fsp3) is 0.417. The zero-order valence-electron chi connectivity index (χ0n) is 9.06. The number of hydrogen-bond acceptors (Lipinski definition) is 3. The highest BCUT2D eigenvalue weighted by Gasteiger charge is 2.08. The second-order valence-corrected chi connectivity index (χ2v) is 3.27. The quantitative estimate of drug-likeness (QED) is 0.772. The van der Waals surface area contributed by atoms with Crippen molar-refractivity contribution in [3.8, 4) is 0 Å². The van der Waals surface area contributed by atoms with Crippen molar-refractivity contribution < 1.29 is 14.6 Å². The van der Waals surface area contributed by atoms with Gasteiger partial charge in [0.05, 0.1) is 18.3 Å². The zero-order chi connectivity index (χ0) is 11.3. The molecule has 1 unspecified atom stereocenters. The number of benzene rings is 1. The van der Waals surface area contributed by atoms with Crippen LogP contribution in [0, 0.1) is 0 Å². The summed E-state index contributed by atoms with van der Waals surface area (Å²) in [5.41, 5.74) is 1.34. The molecule has 0 radical (unpaired) electrons. The minimum Gasteiger partial charge on any atom is -0.462 e. The van der Waals surface area contributed by atoms with Gasteiger partial charge < -0.3 is 9.84 Å². The first-order valence-corrected chi connectivity index (χ1v) is 5.14. The number of esters is 1. The van der Waals surface area contributed by atoms with Gasteiger partial charge in [0.15, 0.2) is 0 Å². The van der Waals surface area contributed by atoms with Crippen molar-refractivity contribution in [2.24, 2.45) is 0 Å². The molecule has 0 spiro atoms. The van der Waals surface area contributed by atoms with Crippen LogP contribution in [0.5, 0.6) is 0 Å². The summed E-state index contributed by atoms with van der Waals surface area (Å²) in [6, 6.07) is 6.85. The normalized spacial score (nSPS) is 12.2. The summed E-state index contributed by atoms with van der Waals surface area (Å²) in [5.74, 6) is -0.324. The van der Waals surface area contributed by atoms with Crippen molar-refractivity contribution >= 4 is 5.97 Å². The number of carbonyl (C=O) groups is 1. The molecule has 1 N–H and O–H groups in total. The van der Waals surface area contributed by atoms with Crippen LogP contribution in [0.1, 0.15) is 42.3 Å². The second-order valence-electron chi connectivity index (χ2n) is 3.27. The Hall–Kier alpha value is -1.35. The largest absolute Gasteiger partial charge is 0.462 e. The van der Waals surface area contributed by atoms with Crippen molar-refractivity contribution in [3.05, 3.63) is 35.4 Å². The molecule has 3 heteroatoms. The molecule has 0 aromatic heterocycles. The van der Waals surface area contributed by atoms with Crippen molar-refractivity contribution in [1.82, 2.24) is 0 Å². The molecule has 1 aromatic carbocycles. The molecule has 1 aromatic rings. The lowest BCUT2D eigenvalue weighted by molar-refractivity contribution is 0.0526. The highest BCUT2D eigenvalue weighted by atomic mass is 16.5. The van der Waals surface area contributed by atoms with Gasteiger partial charge >= 0.3 is 5.97 Å². The lowest BCUT2D eigenvalue weighted by Gasteiger charge is -2.08. The Morgan fingerprint density at radius 3 is 2.40 bits per heavy atom. The van der Waals surface area contributed by atoms with Gasteiger partial charge in [0.25, 0.3) is 0 Å². The molecule has 3 nitrogen and oxygen atoms in total. The fourth-order valence-electron chi connectivity index (χ4n) is 1.29. The minimum atomic E-state index is -0.457. The topological polar surface area (TPSA) is 46.5 Å². The van der Waals surface area contributed by atoms with Crippen LogP contribution in [0.25, 0.3) is 0 Å². The molecule has 15 heavy (non-hydrogen) atoms. The van der Waals surface area contributed by atoms with Gasteiger partial charge in [-0.05, 0) is 31.0 Å². The van der Waals surface area contributed by atoms with Gasteiger partial charge in [-0.1, -0.05) is 19.1 Å². The maximum atomic E-state index is 11.3. The SMILES string of the molecule is CCOC(=O)c1ccc(C(O)CC)cc1. The first-order chi connectivity index (χ1) is 7.19. The molecule has 0 saturated carbocycles. The van der Waals surface area contributed by atoms with Gasteiger partial charge in [0, 0.05) is 0 Å². The van der Waals surface area contributed by atoms with Gasteiger partial charge in [0.1, 0.15) is 0 Å². The van der Waals surface area contributed by atoms with Gasteiger partial charge in [-0.15, -0.1) is 0 Å². The Morgan fingerprint density at radius 1 is 1.33 bits per heavy atom. The van der Waals surface area contributed by atoms with Gasteiger partial charge in [0.2, 0.25) is 0 Å². The number of aliphatic hydroxyl groups excluding tert-OH is 1. The molecule has 82 valence electrons. The Kier molecular flexibility index (Phi) is 4.31. The summed E-state index contributed by atoms with van der Waals surface area (Å²) in [7, 11) is 0. The van der Waals surface area contributed by atoms with E-state index in [1.807, 2.05) is 6.92 Å². The monoisotopic (exact) mass is 208 g/mol. The van der Waals surface area contributed by atoms with Crippen molar-refractivity contribution in [2.45, 2.75) is 26.4 Å². The van der Waals surface area contributed by atoms with Crippen LogP contribution < -0.4 is 0 Å². The van der Waals surface area contributed by atoms with E-state index in [0.717, 1.165) is 5.56 Å². The first-order valence-electron chi connectivity index (χ1n) is 5.14. The molecule has 0 saturated heterocycles. The first kappa shape index (κ1) is 11.7. The van der Waals surface area contributed by atoms with Crippen molar-refractivity contribution in [2.75, 3.05) is 6.61 Å². The predicted molar refractivity (Wildman–Crippen MR) is 57.6 cm³/mol. The summed E-state index contributed by atoms with van der Waals surface area (Å²) < 4.78 is 4.85. The van der Waals surface area contributed by atoms with Crippen LogP contribution in [-0.2, 0) is 4.74 Å². The summed E-state index contributed by atoms with van der Waals surface area (Å²) in [6.45, 7) is 4.05. The lowest BCUT2D eigenvalue weighted by atomic mass is 10.1. The molecule has 0 aliphatic rings. The molecule has 0 heterocycles.